The van der Waals surface area contributed by atoms with Gasteiger partial charge in [0.1, 0.15) is 0 Å². The van der Waals surface area contributed by atoms with E-state index in [0.717, 1.165) is 32.0 Å². The second-order valence-electron chi connectivity index (χ2n) is 4.64. The third-order valence-corrected chi connectivity index (χ3v) is 2.18. The minimum absolute atomic E-state index is 0. The first-order chi connectivity index (χ1) is 8.60. The van der Waals surface area contributed by atoms with Crippen molar-refractivity contribution < 1.29 is 4.79 Å². The molecule has 6 heteroatoms. The second kappa shape index (κ2) is 13.9. The lowest BCUT2D eigenvalue weighted by atomic mass is 10.2. The molecule has 0 radical (unpaired) electrons. The number of guanidine groups is 1. The Kier molecular flexibility index (Phi) is 15.2. The molecule has 0 unspecified atom stereocenters. The molecule has 0 saturated heterocycles. The zero-order chi connectivity index (χ0) is 13.8. The maximum atomic E-state index is 11.4. The number of carbonyl (C=O) groups excluding carboxylic acids is 1. The van der Waals surface area contributed by atoms with Crippen molar-refractivity contribution in [1.82, 2.24) is 16.0 Å². The van der Waals surface area contributed by atoms with E-state index in [-0.39, 0.29) is 29.9 Å². The number of amides is 1. The molecule has 0 spiro atoms. The molecular formula is C13H29IN4O. The third-order valence-electron chi connectivity index (χ3n) is 2.18. The van der Waals surface area contributed by atoms with E-state index in [0.29, 0.717) is 18.9 Å². The molecule has 5 nitrogen and oxygen atoms in total. The Balaban J connectivity index is 0. The molecule has 1 amide bonds. The van der Waals surface area contributed by atoms with Crippen molar-refractivity contribution in [2.24, 2.45) is 10.9 Å². The van der Waals surface area contributed by atoms with Crippen molar-refractivity contribution in [1.29, 1.82) is 0 Å². The van der Waals surface area contributed by atoms with Gasteiger partial charge in [0.2, 0.25) is 5.91 Å². The molecule has 0 aromatic heterocycles. The maximum absolute atomic E-state index is 11.4. The molecule has 0 fully saturated rings. The van der Waals surface area contributed by atoms with Gasteiger partial charge in [-0.1, -0.05) is 20.8 Å². The van der Waals surface area contributed by atoms with E-state index in [9.17, 15) is 4.79 Å². The van der Waals surface area contributed by atoms with Crippen LogP contribution in [0.25, 0.3) is 0 Å². The van der Waals surface area contributed by atoms with E-state index >= 15 is 0 Å². The minimum atomic E-state index is 0. The molecule has 3 N–H and O–H groups in total. The average molecular weight is 384 g/mol. The average Bonchev–Trinajstić information content (AvgIpc) is 2.33. The van der Waals surface area contributed by atoms with Gasteiger partial charge in [0, 0.05) is 32.6 Å². The zero-order valence-electron chi connectivity index (χ0n) is 12.6. The highest BCUT2D eigenvalue weighted by Gasteiger charge is 2.01. The van der Waals surface area contributed by atoms with Gasteiger partial charge in [-0.05, 0) is 19.3 Å². The Bertz CT molecular complexity index is 257. The molecule has 0 heterocycles. The quantitative estimate of drug-likeness (QED) is 0.339. The fraction of sp³-hybridized carbons (Fsp3) is 0.846. The summed E-state index contributed by atoms with van der Waals surface area (Å²) in [5, 5.41) is 9.17. The molecular weight excluding hydrogens is 355 g/mol. The zero-order valence-corrected chi connectivity index (χ0v) is 14.9. The molecule has 0 saturated carbocycles. The van der Waals surface area contributed by atoms with E-state index in [1.165, 1.54) is 0 Å². The van der Waals surface area contributed by atoms with Gasteiger partial charge in [0.05, 0.1) is 0 Å². The highest BCUT2D eigenvalue weighted by molar-refractivity contribution is 14.0. The Morgan fingerprint density at radius 1 is 1.11 bits per heavy atom. The Hall–Kier alpha value is -0.530. The summed E-state index contributed by atoms with van der Waals surface area (Å²) >= 11 is 0. The number of hydrogen-bond donors (Lipinski definition) is 3. The number of halogens is 1. The van der Waals surface area contributed by atoms with Gasteiger partial charge >= 0.3 is 0 Å². The van der Waals surface area contributed by atoms with Crippen LogP contribution in [0, 0.1) is 5.92 Å². The van der Waals surface area contributed by atoms with Gasteiger partial charge in [-0.3, -0.25) is 9.79 Å². The van der Waals surface area contributed by atoms with Gasteiger partial charge in [-0.25, -0.2) is 0 Å². The predicted octanol–water partition coefficient (Wildman–Crippen LogP) is 1.73. The second-order valence-corrected chi connectivity index (χ2v) is 4.64. The van der Waals surface area contributed by atoms with Crippen LogP contribution < -0.4 is 16.0 Å². The van der Waals surface area contributed by atoms with Crippen LogP contribution in [0.3, 0.4) is 0 Å². The highest BCUT2D eigenvalue weighted by Crippen LogP contribution is 1.91. The lowest BCUT2D eigenvalue weighted by molar-refractivity contribution is -0.120. The van der Waals surface area contributed by atoms with Gasteiger partial charge in [0.25, 0.3) is 0 Å². The van der Waals surface area contributed by atoms with Crippen LogP contribution in [0.4, 0.5) is 0 Å². The van der Waals surface area contributed by atoms with Crippen LogP contribution in [0.1, 0.15) is 40.5 Å². The number of carbonyl (C=O) groups is 1. The van der Waals surface area contributed by atoms with E-state index in [2.05, 4.69) is 34.8 Å². The SMILES string of the molecule is CCCNC(=O)CCNC(=NCC(C)C)NCC.I. The summed E-state index contributed by atoms with van der Waals surface area (Å²) in [5.41, 5.74) is 0. The summed E-state index contributed by atoms with van der Waals surface area (Å²) in [6.07, 6.45) is 1.45. The third kappa shape index (κ3) is 13.7. The Labute approximate surface area is 134 Å². The van der Waals surface area contributed by atoms with Crippen LogP contribution >= 0.6 is 24.0 Å². The van der Waals surface area contributed by atoms with Crippen molar-refractivity contribution in [2.75, 3.05) is 26.2 Å². The van der Waals surface area contributed by atoms with Crippen LogP contribution in [-0.4, -0.2) is 38.0 Å². The largest absolute Gasteiger partial charge is 0.357 e. The fourth-order valence-corrected chi connectivity index (χ4v) is 1.26. The monoisotopic (exact) mass is 384 g/mol. The van der Waals surface area contributed by atoms with Crippen molar-refractivity contribution in [3.05, 3.63) is 0 Å². The van der Waals surface area contributed by atoms with Crippen molar-refractivity contribution in [3.63, 3.8) is 0 Å². The summed E-state index contributed by atoms with van der Waals surface area (Å²) in [6, 6.07) is 0. The van der Waals surface area contributed by atoms with Crippen molar-refractivity contribution in [2.45, 2.75) is 40.5 Å². The predicted molar refractivity (Wildman–Crippen MR) is 92.2 cm³/mol. The molecule has 0 aromatic carbocycles. The molecule has 0 aromatic rings. The minimum Gasteiger partial charge on any atom is -0.357 e. The lowest BCUT2D eigenvalue weighted by Gasteiger charge is -2.11. The number of nitrogens with one attached hydrogen (secondary N) is 3. The molecule has 0 bridgehead atoms. The number of aliphatic imine (C=N–C) groups is 1. The molecule has 0 aliphatic rings. The Morgan fingerprint density at radius 3 is 2.32 bits per heavy atom. The van der Waals surface area contributed by atoms with Gasteiger partial charge in [0.15, 0.2) is 5.96 Å². The number of hydrogen-bond acceptors (Lipinski definition) is 2. The molecule has 0 aliphatic carbocycles. The maximum Gasteiger partial charge on any atom is 0.221 e. The molecule has 114 valence electrons. The van der Waals surface area contributed by atoms with E-state index in [1.54, 1.807) is 0 Å². The summed E-state index contributed by atoms with van der Waals surface area (Å²) in [6.45, 7) is 11.3. The summed E-state index contributed by atoms with van der Waals surface area (Å²) < 4.78 is 0. The summed E-state index contributed by atoms with van der Waals surface area (Å²) in [7, 11) is 0. The molecule has 0 rings (SSSR count). The molecule has 19 heavy (non-hydrogen) atoms. The summed E-state index contributed by atoms with van der Waals surface area (Å²) in [5.74, 6) is 1.41. The lowest BCUT2D eigenvalue weighted by Crippen LogP contribution is -2.39. The van der Waals surface area contributed by atoms with Gasteiger partial charge < -0.3 is 16.0 Å². The number of nitrogens with zero attached hydrogens (tertiary/aromatic N) is 1. The first kappa shape index (κ1) is 20.8. The Morgan fingerprint density at radius 2 is 1.79 bits per heavy atom. The smallest absolute Gasteiger partial charge is 0.221 e. The van der Waals surface area contributed by atoms with Crippen molar-refractivity contribution >= 4 is 35.8 Å². The normalized spacial score (nSPS) is 10.9. The highest BCUT2D eigenvalue weighted by atomic mass is 127. The van der Waals surface area contributed by atoms with Crippen molar-refractivity contribution in [3.8, 4) is 0 Å². The van der Waals surface area contributed by atoms with Crippen LogP contribution in [0.15, 0.2) is 4.99 Å². The van der Waals surface area contributed by atoms with Crippen LogP contribution in [0.2, 0.25) is 0 Å². The molecule has 0 atom stereocenters. The molecule has 0 aliphatic heterocycles. The van der Waals surface area contributed by atoms with Gasteiger partial charge in [-0.2, -0.15) is 0 Å². The topological polar surface area (TPSA) is 65.5 Å². The summed E-state index contributed by atoms with van der Waals surface area (Å²) in [4.78, 5) is 15.8. The van der Waals surface area contributed by atoms with E-state index in [4.69, 9.17) is 0 Å². The van der Waals surface area contributed by atoms with Crippen LogP contribution in [0.5, 0.6) is 0 Å². The fourth-order valence-electron chi connectivity index (χ4n) is 1.26. The standard InChI is InChI=1S/C13H28N4O.HI/c1-5-8-15-12(18)7-9-16-13(14-6-2)17-10-11(3)4;/h11H,5-10H2,1-4H3,(H,15,18)(H2,14,16,17);1H. The number of rotatable bonds is 8. The van der Waals surface area contributed by atoms with Crippen LogP contribution in [-0.2, 0) is 4.79 Å². The first-order valence-electron chi connectivity index (χ1n) is 6.89. The first-order valence-corrected chi connectivity index (χ1v) is 6.89. The van der Waals surface area contributed by atoms with E-state index < -0.39 is 0 Å². The van der Waals surface area contributed by atoms with Gasteiger partial charge in [-0.15, -0.1) is 24.0 Å². The van der Waals surface area contributed by atoms with E-state index in [1.807, 2.05) is 13.8 Å².